The van der Waals surface area contributed by atoms with Crippen molar-refractivity contribution in [3.05, 3.63) is 59.4 Å². The van der Waals surface area contributed by atoms with Gasteiger partial charge in [-0.05, 0) is 73.6 Å². The lowest BCUT2D eigenvalue weighted by Crippen LogP contribution is -2.44. The summed E-state index contributed by atoms with van der Waals surface area (Å²) in [4.78, 5) is 28.7. The molecule has 1 fully saturated rings. The molecule has 1 aliphatic carbocycles. The number of rotatable bonds is 12. The van der Waals surface area contributed by atoms with Crippen molar-refractivity contribution in [2.45, 2.75) is 50.9 Å². The Morgan fingerprint density at radius 3 is 2.76 bits per heavy atom. The molecule has 2 aliphatic rings. The first-order chi connectivity index (χ1) is 18.5. The third-order valence-electron chi connectivity index (χ3n) is 7.94. The Morgan fingerprint density at radius 2 is 2.00 bits per heavy atom. The van der Waals surface area contributed by atoms with Crippen LogP contribution in [-0.2, 0) is 4.79 Å². The number of carbonyl (C=O) groups excluding carboxylic acids is 2. The van der Waals surface area contributed by atoms with Gasteiger partial charge >= 0.3 is 0 Å². The lowest BCUT2D eigenvalue weighted by molar-refractivity contribution is -0.138. The maximum Gasteiger partial charge on any atom is 0.251 e. The molecule has 0 radical (unpaired) electrons. The summed E-state index contributed by atoms with van der Waals surface area (Å²) in [5, 5.41) is 15.9. The van der Waals surface area contributed by atoms with Gasteiger partial charge in [0.15, 0.2) is 0 Å². The molecule has 0 bridgehead atoms. The normalized spacial score (nSPS) is 17.8. The average Bonchev–Trinajstić information content (AvgIpc) is 3.34. The van der Waals surface area contributed by atoms with Crippen LogP contribution in [0.2, 0.25) is 0 Å². The second kappa shape index (κ2) is 13.6. The molecule has 0 saturated heterocycles. The molecule has 38 heavy (non-hydrogen) atoms. The van der Waals surface area contributed by atoms with E-state index in [2.05, 4.69) is 10.6 Å². The van der Waals surface area contributed by atoms with Crippen molar-refractivity contribution in [1.82, 2.24) is 10.2 Å². The van der Waals surface area contributed by atoms with E-state index in [1.807, 2.05) is 4.90 Å². The number of methoxy groups -OCH3 is 1. The SMILES string of the molecule is COc1cccc(C(=O)NCCC(C(=O)N(CCCO)CC2CNc3ccc(F)cc32)C2CCCCC2)c1. The third kappa shape index (κ3) is 7.04. The molecule has 1 heterocycles. The van der Waals surface area contributed by atoms with Gasteiger partial charge in [0.2, 0.25) is 5.91 Å². The quantitative estimate of drug-likeness (QED) is 0.378. The topological polar surface area (TPSA) is 90.9 Å². The lowest BCUT2D eigenvalue weighted by atomic mass is 9.77. The molecule has 1 aliphatic heterocycles. The van der Waals surface area contributed by atoms with E-state index in [1.165, 1.54) is 12.5 Å². The van der Waals surface area contributed by atoms with E-state index < -0.39 is 0 Å². The highest BCUT2D eigenvalue weighted by molar-refractivity contribution is 5.94. The summed E-state index contributed by atoms with van der Waals surface area (Å²) in [5.41, 5.74) is 2.33. The number of amides is 2. The van der Waals surface area contributed by atoms with Crippen LogP contribution < -0.4 is 15.4 Å². The molecule has 206 valence electrons. The largest absolute Gasteiger partial charge is 0.497 e. The second-order valence-electron chi connectivity index (χ2n) is 10.5. The number of ether oxygens (including phenoxy) is 1. The molecule has 7 nitrogen and oxygen atoms in total. The van der Waals surface area contributed by atoms with Gasteiger partial charge < -0.3 is 25.4 Å². The fourth-order valence-electron chi connectivity index (χ4n) is 5.90. The fraction of sp³-hybridized carbons (Fsp3) is 0.533. The molecular formula is C30H40FN3O4. The van der Waals surface area contributed by atoms with Gasteiger partial charge in [0.05, 0.1) is 7.11 Å². The van der Waals surface area contributed by atoms with Crippen LogP contribution >= 0.6 is 0 Å². The molecular weight excluding hydrogens is 485 g/mol. The molecule has 0 aromatic heterocycles. The number of nitrogens with one attached hydrogen (secondary N) is 2. The summed E-state index contributed by atoms with van der Waals surface area (Å²) in [5.74, 6) is 0.280. The van der Waals surface area contributed by atoms with Crippen molar-refractivity contribution in [3.63, 3.8) is 0 Å². The molecule has 2 amide bonds. The summed E-state index contributed by atoms with van der Waals surface area (Å²) >= 11 is 0. The second-order valence-corrected chi connectivity index (χ2v) is 10.5. The van der Waals surface area contributed by atoms with E-state index in [1.54, 1.807) is 43.5 Å². The van der Waals surface area contributed by atoms with Crippen LogP contribution in [0.25, 0.3) is 0 Å². The molecule has 2 aromatic carbocycles. The number of hydrogen-bond donors (Lipinski definition) is 3. The Hall–Kier alpha value is -3.13. The minimum absolute atomic E-state index is 0.00258. The Bertz CT molecular complexity index is 1090. The number of aliphatic hydroxyl groups is 1. The Morgan fingerprint density at radius 1 is 1.18 bits per heavy atom. The van der Waals surface area contributed by atoms with Crippen molar-refractivity contribution in [3.8, 4) is 5.75 Å². The van der Waals surface area contributed by atoms with Gasteiger partial charge in [-0.25, -0.2) is 4.39 Å². The molecule has 4 rings (SSSR count). The molecule has 2 atom stereocenters. The number of aliphatic hydroxyl groups excluding tert-OH is 1. The van der Waals surface area contributed by atoms with Gasteiger partial charge in [-0.15, -0.1) is 0 Å². The number of fused-ring (bicyclic) bond motifs is 1. The van der Waals surface area contributed by atoms with Crippen LogP contribution in [0.1, 0.15) is 66.8 Å². The Kier molecular flexibility index (Phi) is 9.98. The maximum absolute atomic E-state index is 14.1. The van der Waals surface area contributed by atoms with Crippen LogP contribution in [-0.4, -0.2) is 61.7 Å². The zero-order valence-electron chi connectivity index (χ0n) is 22.3. The van der Waals surface area contributed by atoms with Crippen LogP contribution in [0.4, 0.5) is 10.1 Å². The minimum Gasteiger partial charge on any atom is -0.497 e. The van der Waals surface area contributed by atoms with Crippen LogP contribution in [0.5, 0.6) is 5.75 Å². The average molecular weight is 526 g/mol. The van der Waals surface area contributed by atoms with Crippen molar-refractivity contribution >= 4 is 17.5 Å². The van der Waals surface area contributed by atoms with E-state index in [0.29, 0.717) is 50.3 Å². The summed E-state index contributed by atoms with van der Waals surface area (Å²) in [6, 6.07) is 11.8. The van der Waals surface area contributed by atoms with Gasteiger partial charge in [-0.2, -0.15) is 0 Å². The first-order valence-electron chi connectivity index (χ1n) is 13.9. The van der Waals surface area contributed by atoms with Crippen molar-refractivity contribution in [2.24, 2.45) is 11.8 Å². The highest BCUT2D eigenvalue weighted by Crippen LogP contribution is 2.36. The summed E-state index contributed by atoms with van der Waals surface area (Å²) < 4.78 is 19.2. The van der Waals surface area contributed by atoms with Gasteiger partial charge in [0, 0.05) is 55.9 Å². The first kappa shape index (κ1) is 27.9. The predicted octanol–water partition coefficient (Wildman–Crippen LogP) is 4.57. The van der Waals surface area contributed by atoms with Gasteiger partial charge in [-0.3, -0.25) is 9.59 Å². The maximum atomic E-state index is 14.1. The van der Waals surface area contributed by atoms with Crippen molar-refractivity contribution in [1.29, 1.82) is 0 Å². The molecule has 0 spiro atoms. The molecule has 3 N–H and O–H groups in total. The first-order valence-corrected chi connectivity index (χ1v) is 13.9. The number of halogens is 1. The number of hydrogen-bond acceptors (Lipinski definition) is 5. The standard InChI is InChI=1S/C30H40FN3O4/c1-38-25-10-5-9-22(17-25)29(36)32-14-13-26(21-7-3-2-4-8-21)30(37)34(15-6-16-35)20-23-19-33-28-12-11-24(31)18-27(23)28/h5,9-12,17-18,21,23,26,33,35H,2-4,6-8,13-16,19-20H2,1H3,(H,32,36). The molecule has 8 heteroatoms. The van der Waals surface area contributed by atoms with E-state index in [9.17, 15) is 19.1 Å². The lowest BCUT2D eigenvalue weighted by Gasteiger charge is -2.35. The zero-order chi connectivity index (χ0) is 26.9. The van der Waals surface area contributed by atoms with E-state index in [4.69, 9.17) is 4.74 Å². The van der Waals surface area contributed by atoms with E-state index >= 15 is 0 Å². The number of carbonyl (C=O) groups is 2. The number of benzene rings is 2. The molecule has 2 unspecified atom stereocenters. The Labute approximate surface area is 224 Å². The summed E-state index contributed by atoms with van der Waals surface area (Å²) in [6.45, 7) is 1.97. The van der Waals surface area contributed by atoms with Crippen LogP contribution in [0.3, 0.4) is 0 Å². The zero-order valence-corrected chi connectivity index (χ0v) is 22.3. The van der Waals surface area contributed by atoms with Gasteiger partial charge in [0.1, 0.15) is 11.6 Å². The van der Waals surface area contributed by atoms with Crippen molar-refractivity contribution in [2.75, 3.05) is 45.2 Å². The Balaban J connectivity index is 1.46. The molecule has 1 saturated carbocycles. The van der Waals surface area contributed by atoms with E-state index in [0.717, 1.165) is 36.9 Å². The number of anilines is 1. The summed E-state index contributed by atoms with van der Waals surface area (Å²) in [7, 11) is 1.57. The third-order valence-corrected chi connectivity index (χ3v) is 7.94. The smallest absolute Gasteiger partial charge is 0.251 e. The monoisotopic (exact) mass is 525 g/mol. The molecule has 2 aromatic rings. The highest BCUT2D eigenvalue weighted by Gasteiger charge is 2.34. The van der Waals surface area contributed by atoms with Crippen molar-refractivity contribution < 1.29 is 23.8 Å². The fourth-order valence-corrected chi connectivity index (χ4v) is 5.90. The van der Waals surface area contributed by atoms with E-state index in [-0.39, 0.29) is 42.0 Å². The summed E-state index contributed by atoms with van der Waals surface area (Å²) in [6.07, 6.45) is 6.48. The highest BCUT2D eigenvalue weighted by atomic mass is 19.1. The van der Waals surface area contributed by atoms with Gasteiger partial charge in [0.25, 0.3) is 5.91 Å². The predicted molar refractivity (Wildman–Crippen MR) is 146 cm³/mol. The van der Waals surface area contributed by atoms with Crippen LogP contribution in [0, 0.1) is 17.7 Å². The van der Waals surface area contributed by atoms with Crippen LogP contribution in [0.15, 0.2) is 42.5 Å². The number of nitrogens with zero attached hydrogens (tertiary/aromatic N) is 1. The van der Waals surface area contributed by atoms with Gasteiger partial charge in [-0.1, -0.05) is 25.3 Å². The minimum atomic E-state index is -0.280.